The summed E-state index contributed by atoms with van der Waals surface area (Å²) in [5, 5.41) is 6.52. The summed E-state index contributed by atoms with van der Waals surface area (Å²) < 4.78 is 22.5. The number of carbonyl (C=O) groups is 1. The Morgan fingerprint density at radius 1 is 1.53 bits per heavy atom. The normalized spacial score (nSPS) is 10.3. The quantitative estimate of drug-likeness (QED) is 0.576. The Hall–Kier alpha value is -2.11. The number of benzene rings is 1. The zero-order chi connectivity index (χ0) is 10.8. The maximum atomic E-state index is 13.6. The van der Waals surface area contributed by atoms with Gasteiger partial charge in [0, 0.05) is 0 Å². The molecule has 0 fully saturated rings. The van der Waals surface area contributed by atoms with Crippen LogP contribution in [0.5, 0.6) is 5.75 Å². The summed E-state index contributed by atoms with van der Waals surface area (Å²) in [6.45, 7) is 0. The first-order valence-electron chi connectivity index (χ1n) is 4.09. The molecule has 0 saturated heterocycles. The first kappa shape index (κ1) is 9.45. The van der Waals surface area contributed by atoms with Crippen molar-refractivity contribution in [2.45, 2.75) is 0 Å². The summed E-state index contributed by atoms with van der Waals surface area (Å²) >= 11 is 0. The van der Waals surface area contributed by atoms with Crippen LogP contribution in [0, 0.1) is 5.82 Å². The van der Waals surface area contributed by atoms with Crippen molar-refractivity contribution in [3.8, 4) is 5.75 Å². The van der Waals surface area contributed by atoms with Crippen LogP contribution in [-0.2, 0) is 4.74 Å². The maximum absolute atomic E-state index is 13.6. The number of nitrogens with zero attached hydrogens (tertiary/aromatic N) is 1. The lowest BCUT2D eigenvalue weighted by Crippen LogP contribution is -2.08. The van der Waals surface area contributed by atoms with Crippen molar-refractivity contribution in [2.24, 2.45) is 0 Å². The number of nitrogens with one attached hydrogen (secondary N) is 1. The standard InChI is InChI=1S/C9H7FN2O3/c1-14-9(13)15-7-3-2-6-5(8(7)10)4-11-12-6/h2-4H,1H3,(H,11,12). The molecule has 15 heavy (non-hydrogen) atoms. The van der Waals surface area contributed by atoms with Gasteiger partial charge in [0.25, 0.3) is 0 Å². The van der Waals surface area contributed by atoms with E-state index in [1.54, 1.807) is 6.07 Å². The first-order chi connectivity index (χ1) is 7.22. The number of rotatable bonds is 1. The second-order valence-electron chi connectivity index (χ2n) is 2.77. The molecule has 0 spiro atoms. The van der Waals surface area contributed by atoms with E-state index in [0.717, 1.165) is 7.11 Å². The van der Waals surface area contributed by atoms with Gasteiger partial charge in [-0.3, -0.25) is 5.10 Å². The summed E-state index contributed by atoms with van der Waals surface area (Å²) in [5.74, 6) is -0.831. The zero-order valence-electron chi connectivity index (χ0n) is 7.78. The molecule has 1 aromatic heterocycles. The lowest BCUT2D eigenvalue weighted by molar-refractivity contribution is 0.120. The van der Waals surface area contributed by atoms with Crippen molar-refractivity contribution in [2.75, 3.05) is 7.11 Å². The van der Waals surface area contributed by atoms with Gasteiger partial charge in [-0.1, -0.05) is 0 Å². The van der Waals surface area contributed by atoms with Crippen LogP contribution in [0.15, 0.2) is 18.3 Å². The molecule has 5 nitrogen and oxygen atoms in total. The molecule has 6 heteroatoms. The minimum Gasteiger partial charge on any atom is -0.437 e. The number of hydrogen-bond donors (Lipinski definition) is 1. The number of aromatic amines is 1. The van der Waals surface area contributed by atoms with E-state index in [1.807, 2.05) is 0 Å². The molecule has 0 radical (unpaired) electrons. The molecule has 0 bridgehead atoms. The molecule has 2 aromatic rings. The smallest absolute Gasteiger partial charge is 0.437 e. The minimum atomic E-state index is -0.961. The zero-order valence-corrected chi connectivity index (χ0v) is 7.78. The molecule has 0 amide bonds. The molecule has 0 saturated carbocycles. The highest BCUT2D eigenvalue weighted by Crippen LogP contribution is 2.24. The number of ether oxygens (including phenoxy) is 2. The van der Waals surface area contributed by atoms with Gasteiger partial charge in [-0.15, -0.1) is 0 Å². The van der Waals surface area contributed by atoms with Crippen molar-refractivity contribution in [1.29, 1.82) is 0 Å². The predicted molar refractivity (Wildman–Crippen MR) is 49.1 cm³/mol. The van der Waals surface area contributed by atoms with Gasteiger partial charge in [0.05, 0.1) is 24.2 Å². The van der Waals surface area contributed by atoms with Crippen LogP contribution in [0.3, 0.4) is 0 Å². The van der Waals surface area contributed by atoms with Gasteiger partial charge < -0.3 is 9.47 Å². The Bertz CT molecular complexity index is 509. The second-order valence-corrected chi connectivity index (χ2v) is 2.77. The van der Waals surface area contributed by atoms with Gasteiger partial charge in [0.15, 0.2) is 11.6 Å². The number of carbonyl (C=O) groups excluding carboxylic acids is 1. The van der Waals surface area contributed by atoms with E-state index in [1.165, 1.54) is 12.3 Å². The minimum absolute atomic E-state index is 0.184. The van der Waals surface area contributed by atoms with Crippen molar-refractivity contribution in [3.05, 3.63) is 24.1 Å². The van der Waals surface area contributed by atoms with Gasteiger partial charge in [0.1, 0.15) is 0 Å². The third-order valence-electron chi connectivity index (χ3n) is 1.88. The topological polar surface area (TPSA) is 64.2 Å². The van der Waals surface area contributed by atoms with E-state index in [0.29, 0.717) is 5.52 Å². The number of hydrogen-bond acceptors (Lipinski definition) is 4. The predicted octanol–water partition coefficient (Wildman–Crippen LogP) is 1.85. The Morgan fingerprint density at radius 2 is 2.33 bits per heavy atom. The van der Waals surface area contributed by atoms with Crippen LogP contribution in [-0.4, -0.2) is 23.5 Å². The third-order valence-corrected chi connectivity index (χ3v) is 1.88. The SMILES string of the molecule is COC(=O)Oc1ccc2[nH]ncc2c1F. The molecule has 0 aliphatic carbocycles. The highest BCUT2D eigenvalue weighted by atomic mass is 19.1. The highest BCUT2D eigenvalue weighted by Gasteiger charge is 2.13. The van der Waals surface area contributed by atoms with Crippen LogP contribution in [0.4, 0.5) is 9.18 Å². The molecule has 0 aliphatic heterocycles. The first-order valence-corrected chi connectivity index (χ1v) is 4.09. The molecule has 1 heterocycles. The molecule has 78 valence electrons. The molecule has 1 N–H and O–H groups in total. The Kier molecular flexibility index (Phi) is 2.24. The number of H-pyrrole nitrogens is 1. The third kappa shape index (κ3) is 1.61. The highest BCUT2D eigenvalue weighted by molar-refractivity contribution is 5.81. The summed E-state index contributed by atoms with van der Waals surface area (Å²) in [5.41, 5.74) is 0.532. The van der Waals surface area contributed by atoms with Gasteiger partial charge in [-0.2, -0.15) is 5.10 Å². The fraction of sp³-hybridized carbons (Fsp3) is 0.111. The molecule has 0 atom stereocenters. The van der Waals surface area contributed by atoms with Crippen LogP contribution in [0.1, 0.15) is 0 Å². The Balaban J connectivity index is 2.43. The van der Waals surface area contributed by atoms with Crippen molar-refractivity contribution in [1.82, 2.24) is 10.2 Å². The van der Waals surface area contributed by atoms with Crippen molar-refractivity contribution in [3.63, 3.8) is 0 Å². The molecule has 2 rings (SSSR count). The number of fused-ring (bicyclic) bond motifs is 1. The van der Waals surface area contributed by atoms with E-state index in [4.69, 9.17) is 0 Å². The van der Waals surface area contributed by atoms with Crippen molar-refractivity contribution >= 4 is 17.1 Å². The van der Waals surface area contributed by atoms with Crippen LogP contribution in [0.2, 0.25) is 0 Å². The van der Waals surface area contributed by atoms with E-state index in [9.17, 15) is 9.18 Å². The van der Waals surface area contributed by atoms with Gasteiger partial charge in [-0.25, -0.2) is 9.18 Å². The summed E-state index contributed by atoms with van der Waals surface area (Å²) in [6.07, 6.45) is 0.353. The molecular weight excluding hydrogens is 203 g/mol. The summed E-state index contributed by atoms with van der Waals surface area (Å²) in [6, 6.07) is 2.89. The molecular formula is C9H7FN2O3. The summed E-state index contributed by atoms with van der Waals surface area (Å²) in [4.78, 5) is 10.8. The average molecular weight is 210 g/mol. The van der Waals surface area contributed by atoms with Gasteiger partial charge >= 0.3 is 6.16 Å². The monoisotopic (exact) mass is 210 g/mol. The Labute approximate surface area is 83.8 Å². The van der Waals surface area contributed by atoms with Crippen LogP contribution in [0.25, 0.3) is 10.9 Å². The fourth-order valence-electron chi connectivity index (χ4n) is 1.17. The lowest BCUT2D eigenvalue weighted by Gasteiger charge is -2.03. The van der Waals surface area contributed by atoms with E-state index in [2.05, 4.69) is 19.7 Å². The number of aromatic nitrogens is 2. The van der Waals surface area contributed by atoms with Crippen LogP contribution < -0.4 is 4.74 Å². The average Bonchev–Trinajstić information content (AvgIpc) is 2.70. The van der Waals surface area contributed by atoms with Crippen molar-refractivity contribution < 1.29 is 18.7 Å². The maximum Gasteiger partial charge on any atom is 0.513 e. The van der Waals surface area contributed by atoms with E-state index in [-0.39, 0.29) is 11.1 Å². The van der Waals surface area contributed by atoms with Gasteiger partial charge in [-0.05, 0) is 12.1 Å². The molecule has 0 aliphatic rings. The number of halogens is 1. The molecule has 0 unspecified atom stereocenters. The van der Waals surface area contributed by atoms with Crippen LogP contribution >= 0.6 is 0 Å². The Morgan fingerprint density at radius 3 is 3.07 bits per heavy atom. The number of methoxy groups -OCH3 is 1. The lowest BCUT2D eigenvalue weighted by atomic mass is 10.2. The van der Waals surface area contributed by atoms with E-state index < -0.39 is 12.0 Å². The molecule has 1 aromatic carbocycles. The van der Waals surface area contributed by atoms with Gasteiger partial charge in [0.2, 0.25) is 0 Å². The fourth-order valence-corrected chi connectivity index (χ4v) is 1.17. The summed E-state index contributed by atoms with van der Waals surface area (Å²) in [7, 11) is 1.15. The largest absolute Gasteiger partial charge is 0.513 e. The van der Waals surface area contributed by atoms with E-state index >= 15 is 0 Å². The second kappa shape index (κ2) is 3.56.